The molecule has 1 fully saturated rings. The highest BCUT2D eigenvalue weighted by atomic mass is 35.5. The molecule has 2 heterocycles. The number of piperidine rings is 1. The third-order valence-electron chi connectivity index (χ3n) is 3.15. The van der Waals surface area contributed by atoms with Gasteiger partial charge in [-0.15, -0.1) is 12.4 Å². The van der Waals surface area contributed by atoms with Crippen molar-refractivity contribution in [2.75, 3.05) is 19.7 Å². The van der Waals surface area contributed by atoms with Crippen LogP contribution in [-0.2, 0) is 10.0 Å². The fraction of sp³-hybridized carbons (Fsp3) is 0.583. The average molecular weight is 376 g/mol. The summed E-state index contributed by atoms with van der Waals surface area (Å²) in [7, 11) is -3.74. The van der Waals surface area contributed by atoms with Gasteiger partial charge in [0.2, 0.25) is 15.9 Å². The standard InChI is InChI=1S/C12H16F3N3O3S.ClH/c13-12(14,15)8-21-11-4-3-10(6-17-11)22(19,20)18-5-1-2-9(16)7-18;/h3-4,6,9H,1-2,5,7-8,16H2;1H. The van der Waals surface area contributed by atoms with Crippen LogP contribution in [0.3, 0.4) is 0 Å². The molecule has 23 heavy (non-hydrogen) atoms. The van der Waals surface area contributed by atoms with Crippen LogP contribution in [0.25, 0.3) is 0 Å². The highest BCUT2D eigenvalue weighted by molar-refractivity contribution is 7.89. The van der Waals surface area contributed by atoms with E-state index < -0.39 is 22.8 Å². The lowest BCUT2D eigenvalue weighted by Gasteiger charge is -2.29. The first-order valence-electron chi connectivity index (χ1n) is 6.60. The molecule has 1 atom stereocenters. The van der Waals surface area contributed by atoms with Gasteiger partial charge in [0.05, 0.1) is 6.20 Å². The molecule has 2 rings (SSSR count). The summed E-state index contributed by atoms with van der Waals surface area (Å²) in [4.78, 5) is 3.51. The zero-order valence-corrected chi connectivity index (χ0v) is 13.6. The average Bonchev–Trinajstić information content (AvgIpc) is 2.45. The molecule has 0 radical (unpaired) electrons. The quantitative estimate of drug-likeness (QED) is 0.863. The maximum atomic E-state index is 12.4. The lowest BCUT2D eigenvalue weighted by Crippen LogP contribution is -2.45. The number of halogens is 4. The van der Waals surface area contributed by atoms with Crippen molar-refractivity contribution in [2.45, 2.75) is 30.0 Å². The molecule has 0 amide bonds. The summed E-state index contributed by atoms with van der Waals surface area (Å²) in [6.07, 6.45) is -2.06. The Morgan fingerprint density at radius 2 is 2.09 bits per heavy atom. The number of rotatable bonds is 4. The molecule has 1 saturated heterocycles. The zero-order chi connectivity index (χ0) is 16.4. The van der Waals surface area contributed by atoms with E-state index >= 15 is 0 Å². The molecule has 1 aromatic heterocycles. The van der Waals surface area contributed by atoms with E-state index in [-0.39, 0.29) is 35.8 Å². The first-order chi connectivity index (χ1) is 10.2. The van der Waals surface area contributed by atoms with E-state index in [0.29, 0.717) is 13.0 Å². The molecule has 0 spiro atoms. The Labute approximate surface area is 138 Å². The first-order valence-corrected chi connectivity index (χ1v) is 8.04. The minimum Gasteiger partial charge on any atom is -0.468 e. The molecule has 0 aromatic carbocycles. The van der Waals surface area contributed by atoms with Crippen molar-refractivity contribution >= 4 is 22.4 Å². The van der Waals surface area contributed by atoms with Crippen LogP contribution in [0, 0.1) is 0 Å². The van der Waals surface area contributed by atoms with Gasteiger partial charge in [-0.1, -0.05) is 0 Å². The molecule has 1 aromatic rings. The van der Waals surface area contributed by atoms with Crippen LogP contribution in [-0.4, -0.2) is 49.6 Å². The second-order valence-corrected chi connectivity index (χ2v) is 6.94. The van der Waals surface area contributed by atoms with Gasteiger partial charge in [-0.25, -0.2) is 13.4 Å². The van der Waals surface area contributed by atoms with Crippen LogP contribution in [0.4, 0.5) is 13.2 Å². The summed E-state index contributed by atoms with van der Waals surface area (Å²) in [5.41, 5.74) is 5.76. The van der Waals surface area contributed by atoms with Crippen LogP contribution in [0.15, 0.2) is 23.2 Å². The van der Waals surface area contributed by atoms with Crippen molar-refractivity contribution < 1.29 is 26.3 Å². The van der Waals surface area contributed by atoms with E-state index in [9.17, 15) is 21.6 Å². The minimum atomic E-state index is -4.48. The second-order valence-electron chi connectivity index (χ2n) is 5.00. The van der Waals surface area contributed by atoms with E-state index in [2.05, 4.69) is 9.72 Å². The Balaban J connectivity index is 0.00000264. The van der Waals surface area contributed by atoms with Crippen LogP contribution < -0.4 is 10.5 Å². The van der Waals surface area contributed by atoms with Crippen LogP contribution in [0.1, 0.15) is 12.8 Å². The molecule has 1 aliphatic rings. The van der Waals surface area contributed by atoms with Crippen LogP contribution in [0.5, 0.6) is 5.88 Å². The largest absolute Gasteiger partial charge is 0.468 e. The monoisotopic (exact) mass is 375 g/mol. The maximum Gasteiger partial charge on any atom is 0.422 e. The summed E-state index contributed by atoms with van der Waals surface area (Å²) >= 11 is 0. The fourth-order valence-electron chi connectivity index (χ4n) is 2.10. The lowest BCUT2D eigenvalue weighted by atomic mass is 10.1. The van der Waals surface area contributed by atoms with Gasteiger partial charge in [0, 0.05) is 25.2 Å². The topological polar surface area (TPSA) is 85.5 Å². The SMILES string of the molecule is Cl.NC1CCCN(S(=O)(=O)c2ccc(OCC(F)(F)F)nc2)C1. The number of nitrogens with two attached hydrogens (primary N) is 1. The molecule has 1 unspecified atom stereocenters. The molecule has 6 nitrogen and oxygen atoms in total. The van der Waals surface area contributed by atoms with Crippen LogP contribution >= 0.6 is 12.4 Å². The fourth-order valence-corrected chi connectivity index (χ4v) is 3.58. The number of aromatic nitrogens is 1. The molecule has 0 saturated carbocycles. The number of nitrogens with zero attached hydrogens (tertiary/aromatic N) is 2. The lowest BCUT2D eigenvalue weighted by molar-refractivity contribution is -0.154. The summed E-state index contributed by atoms with van der Waals surface area (Å²) < 4.78 is 66.5. The molecular weight excluding hydrogens is 359 g/mol. The number of hydrogen-bond acceptors (Lipinski definition) is 5. The van der Waals surface area contributed by atoms with Gasteiger partial charge in [0.25, 0.3) is 0 Å². The molecule has 2 N–H and O–H groups in total. The Bertz CT molecular complexity index is 610. The number of ether oxygens (including phenoxy) is 1. The highest BCUT2D eigenvalue weighted by Gasteiger charge is 2.30. The van der Waals surface area contributed by atoms with Gasteiger partial charge in [-0.3, -0.25) is 0 Å². The smallest absolute Gasteiger partial charge is 0.422 e. The van der Waals surface area contributed by atoms with Crippen molar-refractivity contribution in [3.63, 3.8) is 0 Å². The van der Waals surface area contributed by atoms with Gasteiger partial charge in [-0.2, -0.15) is 17.5 Å². The van der Waals surface area contributed by atoms with E-state index in [4.69, 9.17) is 5.73 Å². The molecule has 132 valence electrons. The summed E-state index contributed by atoms with van der Waals surface area (Å²) in [5, 5.41) is 0. The summed E-state index contributed by atoms with van der Waals surface area (Å²) in [6, 6.07) is 2.06. The maximum absolute atomic E-state index is 12.4. The van der Waals surface area contributed by atoms with Gasteiger partial charge >= 0.3 is 6.18 Å². The van der Waals surface area contributed by atoms with Crippen LogP contribution in [0.2, 0.25) is 0 Å². The molecule has 0 bridgehead atoms. The summed E-state index contributed by atoms with van der Waals surface area (Å²) in [6.45, 7) is -0.899. The van der Waals surface area contributed by atoms with Gasteiger partial charge in [-0.05, 0) is 18.9 Å². The second kappa shape index (κ2) is 7.65. The highest BCUT2D eigenvalue weighted by Crippen LogP contribution is 2.22. The minimum absolute atomic E-state index is 0. The number of pyridine rings is 1. The van der Waals surface area contributed by atoms with E-state index in [1.165, 1.54) is 10.4 Å². The van der Waals surface area contributed by atoms with E-state index in [1.807, 2.05) is 0 Å². The summed E-state index contributed by atoms with van der Waals surface area (Å²) in [5.74, 6) is -0.286. The third-order valence-corrected chi connectivity index (χ3v) is 5.00. The van der Waals surface area contributed by atoms with Gasteiger partial charge in [0.1, 0.15) is 4.90 Å². The van der Waals surface area contributed by atoms with Gasteiger partial charge < -0.3 is 10.5 Å². The van der Waals surface area contributed by atoms with Crippen molar-refractivity contribution in [1.29, 1.82) is 0 Å². The molecule has 11 heteroatoms. The van der Waals surface area contributed by atoms with Crippen molar-refractivity contribution in [3.05, 3.63) is 18.3 Å². The Hall–Kier alpha value is -1.10. The van der Waals surface area contributed by atoms with Crippen molar-refractivity contribution in [1.82, 2.24) is 9.29 Å². The Kier molecular flexibility index (Phi) is 6.63. The molecular formula is C12H17ClF3N3O3S. The zero-order valence-electron chi connectivity index (χ0n) is 12.0. The predicted octanol–water partition coefficient (Wildman–Crippen LogP) is 1.56. The van der Waals surface area contributed by atoms with Crippen molar-refractivity contribution in [2.24, 2.45) is 5.73 Å². The van der Waals surface area contributed by atoms with Crippen molar-refractivity contribution in [3.8, 4) is 5.88 Å². The normalized spacial score (nSPS) is 19.9. The Morgan fingerprint density at radius 1 is 1.39 bits per heavy atom. The molecule has 1 aliphatic heterocycles. The van der Waals surface area contributed by atoms with E-state index in [0.717, 1.165) is 18.7 Å². The molecule has 0 aliphatic carbocycles. The first kappa shape index (κ1) is 19.9. The number of alkyl halides is 3. The van der Waals surface area contributed by atoms with Gasteiger partial charge in [0.15, 0.2) is 6.61 Å². The van der Waals surface area contributed by atoms with E-state index in [1.54, 1.807) is 0 Å². The number of sulfonamides is 1. The predicted molar refractivity (Wildman–Crippen MR) is 79.0 cm³/mol. The Morgan fingerprint density at radius 3 is 2.61 bits per heavy atom. The number of hydrogen-bond donors (Lipinski definition) is 1. The third kappa shape index (κ3) is 5.48.